The fraction of sp³-hybridized carbons (Fsp3) is 0.286. The predicted molar refractivity (Wildman–Crippen MR) is 175 cm³/mol. The van der Waals surface area contributed by atoms with Crippen molar-refractivity contribution in [3.63, 3.8) is 0 Å². The lowest BCUT2D eigenvalue weighted by Crippen LogP contribution is -1.98. The SMILES string of the molecule is CCC1C=C2SC(=C3SC(SCCc4ccc(N=O)cc4)=C(SCCc4ccc(N=O)cc4)S3)SC2=CC1. The van der Waals surface area contributed by atoms with E-state index in [-0.39, 0.29) is 0 Å². The summed E-state index contributed by atoms with van der Waals surface area (Å²) in [6, 6.07) is 15.1. The zero-order chi connectivity index (χ0) is 26.3. The average Bonchev–Trinajstić information content (AvgIpc) is 3.57. The smallest absolute Gasteiger partial charge is 0.108 e. The molecule has 4 nitrogen and oxygen atoms in total. The van der Waals surface area contributed by atoms with Crippen LogP contribution in [0.3, 0.4) is 0 Å². The van der Waals surface area contributed by atoms with Crippen LogP contribution in [0.1, 0.15) is 30.9 Å². The predicted octanol–water partition coefficient (Wildman–Crippen LogP) is 11.1. The Kier molecular flexibility index (Phi) is 10.3. The topological polar surface area (TPSA) is 58.9 Å². The van der Waals surface area contributed by atoms with E-state index in [9.17, 15) is 9.81 Å². The molecule has 0 amide bonds. The Hall–Kier alpha value is -1.30. The zero-order valence-electron chi connectivity index (χ0n) is 20.8. The fourth-order valence-electron chi connectivity index (χ4n) is 3.99. The first-order valence-corrected chi connectivity index (χ1v) is 17.6. The number of nitroso groups, excluding NO2 is 2. The highest BCUT2D eigenvalue weighted by atomic mass is 32.3. The second-order valence-corrected chi connectivity index (χ2v) is 16.2. The molecule has 1 unspecified atom stereocenters. The van der Waals surface area contributed by atoms with Crippen LogP contribution >= 0.6 is 70.6 Å². The molecule has 1 aliphatic carbocycles. The highest BCUT2D eigenvalue weighted by Gasteiger charge is 2.31. The molecule has 0 radical (unpaired) electrons. The zero-order valence-corrected chi connectivity index (χ0v) is 25.7. The maximum Gasteiger partial charge on any atom is 0.108 e. The number of fused-ring (bicyclic) bond motifs is 1. The van der Waals surface area contributed by atoms with Crippen LogP contribution in [0, 0.1) is 15.7 Å². The summed E-state index contributed by atoms with van der Waals surface area (Å²) in [5, 5.41) is 6.00. The van der Waals surface area contributed by atoms with Crippen LogP contribution in [0.15, 0.2) is 97.8 Å². The summed E-state index contributed by atoms with van der Waals surface area (Å²) in [7, 11) is 0. The van der Waals surface area contributed by atoms with Gasteiger partial charge in [0.05, 0.1) is 16.9 Å². The Balaban J connectivity index is 1.25. The first kappa shape index (κ1) is 28.2. The molecule has 0 bridgehead atoms. The van der Waals surface area contributed by atoms with Gasteiger partial charge in [-0.1, -0.05) is 90.4 Å². The number of aryl methyl sites for hydroxylation is 2. The molecule has 2 aliphatic heterocycles. The van der Waals surface area contributed by atoms with Gasteiger partial charge in [0.15, 0.2) is 0 Å². The third-order valence-corrected chi connectivity index (χ3v) is 14.8. The minimum absolute atomic E-state index is 0.474. The summed E-state index contributed by atoms with van der Waals surface area (Å²) in [4.78, 5) is 24.3. The van der Waals surface area contributed by atoms with Crippen molar-refractivity contribution in [3.8, 4) is 0 Å². The molecule has 1 fully saturated rings. The number of thioether (sulfide) groups is 6. The van der Waals surface area contributed by atoms with Gasteiger partial charge in [0.2, 0.25) is 0 Å². The molecule has 10 heteroatoms. The van der Waals surface area contributed by atoms with E-state index in [1.54, 1.807) is 24.3 Å². The average molecular weight is 615 g/mol. The van der Waals surface area contributed by atoms with Gasteiger partial charge in [-0.25, -0.2) is 0 Å². The van der Waals surface area contributed by atoms with Crippen LogP contribution in [0.4, 0.5) is 11.4 Å². The van der Waals surface area contributed by atoms with E-state index in [1.807, 2.05) is 94.8 Å². The molecule has 1 saturated heterocycles. The Bertz CT molecular complexity index is 1240. The van der Waals surface area contributed by atoms with Gasteiger partial charge in [-0.2, -0.15) is 0 Å². The third kappa shape index (κ3) is 7.26. The van der Waals surface area contributed by atoms with Crippen molar-refractivity contribution < 1.29 is 0 Å². The monoisotopic (exact) mass is 614 g/mol. The number of hydrogen-bond acceptors (Lipinski definition) is 10. The van der Waals surface area contributed by atoms with E-state index in [0.717, 1.165) is 30.8 Å². The molecule has 3 aliphatic rings. The molecule has 5 rings (SSSR count). The fourth-order valence-corrected chi connectivity index (χ4v) is 12.9. The van der Waals surface area contributed by atoms with Gasteiger partial charge in [-0.3, -0.25) is 0 Å². The van der Waals surface area contributed by atoms with Crippen LogP contribution in [-0.4, -0.2) is 11.5 Å². The highest BCUT2D eigenvalue weighted by Crippen LogP contribution is 2.65. The van der Waals surface area contributed by atoms with Crippen molar-refractivity contribution >= 4 is 81.9 Å². The Morgan fingerprint density at radius 1 is 0.737 bits per heavy atom. The van der Waals surface area contributed by atoms with E-state index in [0.29, 0.717) is 17.3 Å². The number of rotatable bonds is 11. The standard InChI is InChI=1S/C28H26N2O2S6/c1-2-18-7-12-23-24(17-18)36-27(35-23)28-37-25(33-15-13-19-3-8-21(29-31)9-4-19)26(38-28)34-16-14-20-5-10-22(30-32)11-6-20/h3-6,8-12,17-18H,2,7,13-16H2,1H3. The lowest BCUT2D eigenvalue weighted by atomic mass is 9.98. The first-order chi connectivity index (χ1) is 18.6. The molecule has 1 atom stereocenters. The van der Waals surface area contributed by atoms with Crippen LogP contribution < -0.4 is 0 Å². The summed E-state index contributed by atoms with van der Waals surface area (Å²) >= 11 is 11.6. The lowest BCUT2D eigenvalue weighted by molar-refractivity contribution is 0.631. The first-order valence-electron chi connectivity index (χ1n) is 12.4. The van der Waals surface area contributed by atoms with Crippen LogP contribution in [0.5, 0.6) is 0 Å². The molecule has 0 saturated carbocycles. The van der Waals surface area contributed by atoms with E-state index in [4.69, 9.17) is 0 Å². The quantitative estimate of drug-likeness (QED) is 0.232. The van der Waals surface area contributed by atoms with E-state index >= 15 is 0 Å². The Morgan fingerprint density at radius 2 is 1.24 bits per heavy atom. The number of nitrogens with zero attached hydrogens (tertiary/aromatic N) is 2. The summed E-state index contributed by atoms with van der Waals surface area (Å²) < 4.78 is 5.59. The summed E-state index contributed by atoms with van der Waals surface area (Å²) in [5.74, 6) is 2.63. The second-order valence-electron chi connectivity index (χ2n) is 8.77. The van der Waals surface area contributed by atoms with Crippen molar-refractivity contribution in [2.75, 3.05) is 11.5 Å². The number of benzene rings is 2. The van der Waals surface area contributed by atoms with Crippen molar-refractivity contribution in [3.05, 3.63) is 108 Å². The van der Waals surface area contributed by atoms with Crippen LogP contribution in [0.25, 0.3) is 0 Å². The third-order valence-electron chi connectivity index (χ3n) is 6.20. The number of hydrogen-bond donors (Lipinski definition) is 0. The Labute approximate surface area is 249 Å². The summed E-state index contributed by atoms with van der Waals surface area (Å²) in [5.41, 5.74) is 3.39. The van der Waals surface area contributed by atoms with Gasteiger partial charge in [-0.05, 0) is 77.3 Å². The summed E-state index contributed by atoms with van der Waals surface area (Å²) in [6.07, 6.45) is 9.14. The molecule has 196 valence electrons. The molecule has 38 heavy (non-hydrogen) atoms. The summed E-state index contributed by atoms with van der Waals surface area (Å²) in [6.45, 7) is 2.27. The molecule has 0 spiro atoms. The van der Waals surface area contributed by atoms with Crippen molar-refractivity contribution in [2.45, 2.75) is 32.6 Å². The molecular weight excluding hydrogens is 589 g/mol. The molecule has 0 aromatic heterocycles. The van der Waals surface area contributed by atoms with Crippen molar-refractivity contribution in [1.29, 1.82) is 0 Å². The van der Waals surface area contributed by atoms with Gasteiger partial charge in [0, 0.05) is 21.3 Å². The molecule has 2 aromatic rings. The van der Waals surface area contributed by atoms with Gasteiger partial charge in [-0.15, -0.1) is 33.3 Å². The maximum absolute atomic E-state index is 10.7. The molecular formula is C28H26N2O2S6. The maximum atomic E-state index is 10.7. The van der Waals surface area contributed by atoms with Crippen molar-refractivity contribution in [2.24, 2.45) is 16.3 Å². The molecule has 0 N–H and O–H groups in total. The Morgan fingerprint density at radius 3 is 1.74 bits per heavy atom. The van der Waals surface area contributed by atoms with E-state index < -0.39 is 0 Å². The van der Waals surface area contributed by atoms with Gasteiger partial charge >= 0.3 is 0 Å². The van der Waals surface area contributed by atoms with Gasteiger partial charge in [0.1, 0.15) is 11.4 Å². The van der Waals surface area contributed by atoms with E-state index in [1.165, 1.54) is 44.3 Å². The highest BCUT2D eigenvalue weighted by molar-refractivity contribution is 8.42. The lowest BCUT2D eigenvalue weighted by Gasteiger charge is -2.13. The van der Waals surface area contributed by atoms with Gasteiger partial charge < -0.3 is 0 Å². The minimum Gasteiger partial charge on any atom is -0.145 e. The minimum atomic E-state index is 0.474. The normalized spacial score (nSPS) is 18.9. The van der Waals surface area contributed by atoms with Crippen LogP contribution in [0.2, 0.25) is 0 Å². The molecule has 2 heterocycles. The van der Waals surface area contributed by atoms with E-state index in [2.05, 4.69) is 29.4 Å². The largest absolute Gasteiger partial charge is 0.145 e. The molecule has 2 aromatic carbocycles. The van der Waals surface area contributed by atoms with Crippen molar-refractivity contribution in [1.82, 2.24) is 0 Å². The van der Waals surface area contributed by atoms with Crippen LogP contribution in [-0.2, 0) is 12.8 Å². The second kappa shape index (κ2) is 13.9. The number of allylic oxidation sites excluding steroid dienone is 2. The van der Waals surface area contributed by atoms with Gasteiger partial charge in [0.25, 0.3) is 0 Å².